The van der Waals surface area contributed by atoms with Gasteiger partial charge in [0.1, 0.15) is 6.10 Å². The van der Waals surface area contributed by atoms with Crippen molar-refractivity contribution in [3.05, 3.63) is 35.4 Å². The molecule has 4 nitrogen and oxygen atoms in total. The average Bonchev–Trinajstić information content (AvgIpc) is 2.82. The van der Waals surface area contributed by atoms with Crippen molar-refractivity contribution in [2.45, 2.75) is 136 Å². The molecule has 33 heavy (non-hydrogen) atoms. The molecule has 4 heteroatoms. The Morgan fingerprint density at radius 2 is 1.06 bits per heavy atom. The SMILES string of the molecule is CCCCCCCCCCCCC(CCCCCCCC)OC(=O)c1ccccc1C(=O)O. The number of carbonyl (C=O) groups is 2. The first-order valence-electron chi connectivity index (χ1n) is 13.6. The molecule has 0 heterocycles. The van der Waals surface area contributed by atoms with E-state index in [4.69, 9.17) is 4.74 Å². The van der Waals surface area contributed by atoms with Crippen LogP contribution in [0.3, 0.4) is 0 Å². The van der Waals surface area contributed by atoms with Gasteiger partial charge in [-0.05, 0) is 37.8 Å². The molecular weight excluding hydrogens is 412 g/mol. The maximum Gasteiger partial charge on any atom is 0.339 e. The van der Waals surface area contributed by atoms with Gasteiger partial charge in [0.2, 0.25) is 0 Å². The molecule has 0 aliphatic rings. The summed E-state index contributed by atoms with van der Waals surface area (Å²) in [5.74, 6) is -1.60. The van der Waals surface area contributed by atoms with Gasteiger partial charge in [0.25, 0.3) is 0 Å². The minimum absolute atomic E-state index is 0.0137. The zero-order chi connectivity index (χ0) is 24.2. The zero-order valence-corrected chi connectivity index (χ0v) is 21.3. The summed E-state index contributed by atoms with van der Waals surface area (Å²) in [7, 11) is 0. The number of ether oxygens (including phenoxy) is 1. The van der Waals surface area contributed by atoms with Crippen LogP contribution in [-0.4, -0.2) is 23.1 Å². The van der Waals surface area contributed by atoms with Crippen LogP contribution in [-0.2, 0) is 4.74 Å². The van der Waals surface area contributed by atoms with Gasteiger partial charge in [-0.1, -0.05) is 116 Å². The monoisotopic (exact) mass is 460 g/mol. The lowest BCUT2D eigenvalue weighted by molar-refractivity contribution is 0.0244. The van der Waals surface area contributed by atoms with Crippen LogP contribution in [0.4, 0.5) is 0 Å². The lowest BCUT2D eigenvalue weighted by Gasteiger charge is -2.19. The smallest absolute Gasteiger partial charge is 0.339 e. The number of benzene rings is 1. The fraction of sp³-hybridized carbons (Fsp3) is 0.724. The summed E-state index contributed by atoms with van der Waals surface area (Å²) in [6.45, 7) is 4.47. The standard InChI is InChI=1S/C29H48O4/c1-3-5-7-9-11-12-13-14-16-18-22-25(21-17-15-10-8-6-4-2)33-29(32)27-24-20-19-23-26(27)28(30)31/h19-20,23-25H,3-18,21-22H2,1-2H3,(H,30,31). The highest BCUT2D eigenvalue weighted by atomic mass is 16.5. The molecule has 0 aliphatic heterocycles. The van der Waals surface area contributed by atoms with E-state index in [-0.39, 0.29) is 17.2 Å². The summed E-state index contributed by atoms with van der Waals surface area (Å²) >= 11 is 0. The number of unbranched alkanes of at least 4 members (excludes halogenated alkanes) is 14. The van der Waals surface area contributed by atoms with E-state index >= 15 is 0 Å². The average molecular weight is 461 g/mol. The van der Waals surface area contributed by atoms with Crippen molar-refractivity contribution in [3.63, 3.8) is 0 Å². The van der Waals surface area contributed by atoms with Crippen molar-refractivity contribution in [3.8, 4) is 0 Å². The van der Waals surface area contributed by atoms with Crippen molar-refractivity contribution in [2.24, 2.45) is 0 Å². The molecule has 0 aromatic heterocycles. The largest absolute Gasteiger partial charge is 0.478 e. The highest BCUT2D eigenvalue weighted by Gasteiger charge is 2.20. The lowest BCUT2D eigenvalue weighted by atomic mass is 10.0. The lowest BCUT2D eigenvalue weighted by Crippen LogP contribution is -2.20. The number of carboxylic acid groups (broad SMARTS) is 1. The number of aromatic carboxylic acids is 1. The van der Waals surface area contributed by atoms with Crippen LogP contribution in [0.5, 0.6) is 0 Å². The van der Waals surface area contributed by atoms with Gasteiger partial charge in [-0.3, -0.25) is 0 Å². The molecule has 0 radical (unpaired) electrons. The van der Waals surface area contributed by atoms with Gasteiger partial charge in [-0.2, -0.15) is 0 Å². The molecule has 188 valence electrons. The highest BCUT2D eigenvalue weighted by molar-refractivity contribution is 6.02. The first kappa shape index (κ1) is 29.2. The van der Waals surface area contributed by atoms with Gasteiger partial charge in [0, 0.05) is 0 Å². The number of hydrogen-bond acceptors (Lipinski definition) is 3. The Labute approximate surface area is 202 Å². The second-order valence-electron chi connectivity index (χ2n) is 9.41. The van der Waals surface area contributed by atoms with E-state index < -0.39 is 11.9 Å². The van der Waals surface area contributed by atoms with E-state index in [1.54, 1.807) is 18.2 Å². The highest BCUT2D eigenvalue weighted by Crippen LogP contribution is 2.20. The van der Waals surface area contributed by atoms with Crippen molar-refractivity contribution in [1.29, 1.82) is 0 Å². The minimum Gasteiger partial charge on any atom is -0.478 e. The molecule has 1 aromatic carbocycles. The molecule has 0 spiro atoms. The Balaban J connectivity index is 2.44. The molecule has 0 saturated carbocycles. The predicted molar refractivity (Wildman–Crippen MR) is 137 cm³/mol. The molecule has 1 unspecified atom stereocenters. The summed E-state index contributed by atoms with van der Waals surface area (Å²) in [5, 5.41) is 9.39. The van der Waals surface area contributed by atoms with E-state index in [1.807, 2.05) is 0 Å². The van der Waals surface area contributed by atoms with Crippen molar-refractivity contribution < 1.29 is 19.4 Å². The molecule has 0 aliphatic carbocycles. The first-order valence-corrected chi connectivity index (χ1v) is 13.6. The third-order valence-electron chi connectivity index (χ3n) is 6.41. The number of carbonyl (C=O) groups excluding carboxylic acids is 1. The van der Waals surface area contributed by atoms with E-state index in [9.17, 15) is 14.7 Å². The van der Waals surface area contributed by atoms with Crippen LogP contribution in [0, 0.1) is 0 Å². The van der Waals surface area contributed by atoms with E-state index in [1.165, 1.54) is 89.5 Å². The van der Waals surface area contributed by atoms with Crippen LogP contribution in [0.1, 0.15) is 150 Å². The fourth-order valence-electron chi connectivity index (χ4n) is 4.34. The maximum absolute atomic E-state index is 12.8. The topological polar surface area (TPSA) is 63.6 Å². The van der Waals surface area contributed by atoms with Gasteiger partial charge < -0.3 is 9.84 Å². The molecule has 0 fully saturated rings. The van der Waals surface area contributed by atoms with Crippen molar-refractivity contribution in [1.82, 2.24) is 0 Å². The molecule has 1 rings (SSSR count). The summed E-state index contributed by atoms with van der Waals surface area (Å²) in [5.41, 5.74) is 0.167. The Morgan fingerprint density at radius 1 is 0.667 bits per heavy atom. The van der Waals surface area contributed by atoms with E-state index in [0.29, 0.717) is 0 Å². The van der Waals surface area contributed by atoms with Crippen LogP contribution >= 0.6 is 0 Å². The van der Waals surface area contributed by atoms with Crippen molar-refractivity contribution >= 4 is 11.9 Å². The van der Waals surface area contributed by atoms with Gasteiger partial charge in [-0.15, -0.1) is 0 Å². The van der Waals surface area contributed by atoms with Crippen LogP contribution in [0.2, 0.25) is 0 Å². The second kappa shape index (κ2) is 19.6. The number of hydrogen-bond donors (Lipinski definition) is 1. The third-order valence-corrected chi connectivity index (χ3v) is 6.41. The third kappa shape index (κ3) is 14.1. The molecule has 0 amide bonds. The number of carboxylic acids is 1. The predicted octanol–water partition coefficient (Wildman–Crippen LogP) is 8.97. The summed E-state index contributed by atoms with van der Waals surface area (Å²) in [4.78, 5) is 24.2. The quantitative estimate of drug-likeness (QED) is 0.147. The Kier molecular flexibility index (Phi) is 17.4. The number of esters is 1. The van der Waals surface area contributed by atoms with Crippen LogP contribution in [0.25, 0.3) is 0 Å². The molecular formula is C29H48O4. The van der Waals surface area contributed by atoms with Crippen LogP contribution < -0.4 is 0 Å². The number of rotatable bonds is 21. The normalized spacial score (nSPS) is 11.9. The summed E-state index contributed by atoms with van der Waals surface area (Å²) < 4.78 is 5.84. The summed E-state index contributed by atoms with van der Waals surface area (Å²) in [6, 6.07) is 6.34. The molecule has 1 atom stereocenters. The minimum atomic E-state index is -1.09. The van der Waals surface area contributed by atoms with Gasteiger partial charge in [-0.25, -0.2) is 9.59 Å². The van der Waals surface area contributed by atoms with Gasteiger partial charge in [0.15, 0.2) is 0 Å². The summed E-state index contributed by atoms with van der Waals surface area (Å²) in [6.07, 6.45) is 21.7. The van der Waals surface area contributed by atoms with E-state index in [2.05, 4.69) is 13.8 Å². The Bertz CT molecular complexity index is 640. The van der Waals surface area contributed by atoms with E-state index in [0.717, 1.165) is 32.1 Å². The Hall–Kier alpha value is -1.84. The molecule has 1 N–H and O–H groups in total. The molecule has 1 aromatic rings. The second-order valence-corrected chi connectivity index (χ2v) is 9.41. The zero-order valence-electron chi connectivity index (χ0n) is 21.3. The maximum atomic E-state index is 12.8. The Morgan fingerprint density at radius 3 is 1.48 bits per heavy atom. The molecule has 0 bridgehead atoms. The molecule has 0 saturated heterocycles. The van der Waals surface area contributed by atoms with Crippen molar-refractivity contribution in [2.75, 3.05) is 0 Å². The fourth-order valence-corrected chi connectivity index (χ4v) is 4.34. The first-order chi connectivity index (χ1) is 16.1. The van der Waals surface area contributed by atoms with Gasteiger partial charge >= 0.3 is 11.9 Å². The van der Waals surface area contributed by atoms with Gasteiger partial charge in [0.05, 0.1) is 11.1 Å². The van der Waals surface area contributed by atoms with Crippen LogP contribution in [0.15, 0.2) is 24.3 Å².